The van der Waals surface area contributed by atoms with Gasteiger partial charge in [-0.25, -0.2) is 4.98 Å². The highest BCUT2D eigenvalue weighted by atomic mass is 16.1. The van der Waals surface area contributed by atoms with Crippen molar-refractivity contribution in [2.24, 2.45) is 5.41 Å². The number of carbonyl (C=O) groups is 1. The van der Waals surface area contributed by atoms with Gasteiger partial charge >= 0.3 is 0 Å². The quantitative estimate of drug-likeness (QED) is 0.773. The molecule has 2 heterocycles. The molecule has 1 aromatic heterocycles. The first-order valence-electron chi connectivity index (χ1n) is 11.0. The van der Waals surface area contributed by atoms with Crippen molar-refractivity contribution in [2.45, 2.75) is 53.6 Å². The van der Waals surface area contributed by atoms with Gasteiger partial charge in [-0.15, -0.1) is 0 Å². The van der Waals surface area contributed by atoms with Gasteiger partial charge in [0.2, 0.25) is 5.91 Å². The van der Waals surface area contributed by atoms with Crippen molar-refractivity contribution in [3.8, 4) is 11.1 Å². The van der Waals surface area contributed by atoms with Crippen LogP contribution >= 0.6 is 0 Å². The van der Waals surface area contributed by atoms with Gasteiger partial charge in [0.05, 0.1) is 0 Å². The number of carbonyl (C=O) groups excluding carboxylic acids is 1. The third-order valence-corrected chi connectivity index (χ3v) is 5.58. The number of nitrogens with zero attached hydrogens (tertiary/aromatic N) is 3. The van der Waals surface area contributed by atoms with Crippen molar-refractivity contribution in [2.75, 3.05) is 31.1 Å². The van der Waals surface area contributed by atoms with Crippen LogP contribution in [0.15, 0.2) is 42.6 Å². The molecule has 1 aliphatic heterocycles. The molecule has 2 aromatic rings. The van der Waals surface area contributed by atoms with Gasteiger partial charge in [-0.2, -0.15) is 0 Å². The van der Waals surface area contributed by atoms with Crippen LogP contribution in [0.3, 0.4) is 0 Å². The number of piperazine rings is 1. The number of hydrogen-bond donors (Lipinski definition) is 1. The van der Waals surface area contributed by atoms with Crippen molar-refractivity contribution >= 4 is 11.7 Å². The number of anilines is 1. The Hall–Kier alpha value is -2.40. The van der Waals surface area contributed by atoms with Crippen LogP contribution in [-0.2, 0) is 11.3 Å². The Kier molecular flexibility index (Phi) is 7.14. The average molecular weight is 409 g/mol. The van der Waals surface area contributed by atoms with E-state index in [-0.39, 0.29) is 11.3 Å². The normalized spacial score (nSPS) is 15.5. The molecule has 1 aliphatic rings. The van der Waals surface area contributed by atoms with Crippen molar-refractivity contribution in [1.82, 2.24) is 15.2 Å². The molecule has 0 spiro atoms. The van der Waals surface area contributed by atoms with Gasteiger partial charge in [-0.3, -0.25) is 9.69 Å². The Morgan fingerprint density at radius 2 is 1.63 bits per heavy atom. The van der Waals surface area contributed by atoms with Crippen LogP contribution in [0.25, 0.3) is 11.1 Å². The highest BCUT2D eigenvalue weighted by molar-refractivity contribution is 5.76. The summed E-state index contributed by atoms with van der Waals surface area (Å²) < 4.78 is 0. The minimum Gasteiger partial charge on any atom is -0.354 e. The lowest BCUT2D eigenvalue weighted by Crippen LogP contribution is -2.49. The zero-order chi connectivity index (χ0) is 21.7. The lowest BCUT2D eigenvalue weighted by Gasteiger charge is -2.37. The van der Waals surface area contributed by atoms with Crippen LogP contribution in [0.5, 0.6) is 0 Å². The molecule has 3 rings (SSSR count). The Bertz CT molecular complexity index is 814. The number of nitrogens with one attached hydrogen (secondary N) is 1. The first-order valence-corrected chi connectivity index (χ1v) is 11.0. The van der Waals surface area contributed by atoms with Gasteiger partial charge in [-0.05, 0) is 42.5 Å². The number of benzene rings is 1. The highest BCUT2D eigenvalue weighted by Crippen LogP contribution is 2.23. The van der Waals surface area contributed by atoms with Gasteiger partial charge in [0.1, 0.15) is 5.82 Å². The first kappa shape index (κ1) is 22.3. The molecular weight excluding hydrogens is 372 g/mol. The zero-order valence-corrected chi connectivity index (χ0v) is 19.1. The summed E-state index contributed by atoms with van der Waals surface area (Å²) in [6.07, 6.45) is 2.50. The van der Waals surface area contributed by atoms with Crippen molar-refractivity contribution in [3.63, 3.8) is 0 Å². The molecule has 5 heteroatoms. The number of amides is 1. The summed E-state index contributed by atoms with van der Waals surface area (Å²) in [5, 5.41) is 3.01. The Morgan fingerprint density at radius 1 is 1.00 bits per heavy atom. The molecule has 0 bridgehead atoms. The zero-order valence-electron chi connectivity index (χ0n) is 19.1. The van der Waals surface area contributed by atoms with Crippen LogP contribution < -0.4 is 10.2 Å². The molecule has 1 fully saturated rings. The first-order chi connectivity index (χ1) is 14.2. The SMILES string of the molecule is CC(C)N1CCN(c2ccc(-c3ccc(CNC(=O)CC(C)(C)C)cc3)cn2)CC1. The van der Waals surface area contributed by atoms with Crippen molar-refractivity contribution < 1.29 is 4.79 Å². The maximum absolute atomic E-state index is 12.0. The molecule has 1 aromatic carbocycles. The molecule has 1 saturated heterocycles. The van der Waals surface area contributed by atoms with E-state index in [1.54, 1.807) is 0 Å². The molecule has 5 nitrogen and oxygen atoms in total. The monoisotopic (exact) mass is 408 g/mol. The van der Waals surface area contributed by atoms with Crippen LogP contribution in [0.1, 0.15) is 46.6 Å². The molecule has 1 N–H and O–H groups in total. The van der Waals surface area contributed by atoms with Crippen LogP contribution in [0.2, 0.25) is 0 Å². The van der Waals surface area contributed by atoms with Gasteiger partial charge in [0.15, 0.2) is 0 Å². The summed E-state index contributed by atoms with van der Waals surface area (Å²) in [5.74, 6) is 1.15. The maximum atomic E-state index is 12.0. The molecule has 0 saturated carbocycles. The van der Waals surface area contributed by atoms with Crippen LogP contribution in [-0.4, -0.2) is 48.0 Å². The smallest absolute Gasteiger partial charge is 0.220 e. The molecule has 0 atom stereocenters. The average Bonchev–Trinajstić information content (AvgIpc) is 2.72. The molecule has 162 valence electrons. The molecule has 30 heavy (non-hydrogen) atoms. The maximum Gasteiger partial charge on any atom is 0.220 e. The predicted octanol–water partition coefficient (Wildman–Crippen LogP) is 4.33. The largest absolute Gasteiger partial charge is 0.354 e. The lowest BCUT2D eigenvalue weighted by atomic mass is 9.92. The van der Waals surface area contributed by atoms with E-state index in [1.165, 1.54) is 0 Å². The van der Waals surface area contributed by atoms with E-state index in [4.69, 9.17) is 4.98 Å². The molecule has 0 aliphatic carbocycles. The Balaban J connectivity index is 1.55. The van der Waals surface area contributed by atoms with Gasteiger partial charge in [0, 0.05) is 56.9 Å². The summed E-state index contributed by atoms with van der Waals surface area (Å²) in [6, 6.07) is 13.2. The van der Waals surface area contributed by atoms with E-state index < -0.39 is 0 Å². The number of aromatic nitrogens is 1. The van der Waals surface area contributed by atoms with Crippen molar-refractivity contribution in [3.05, 3.63) is 48.2 Å². The van der Waals surface area contributed by atoms with E-state index in [0.717, 1.165) is 48.7 Å². The second-order valence-corrected chi connectivity index (χ2v) is 9.73. The highest BCUT2D eigenvalue weighted by Gasteiger charge is 2.19. The molecule has 0 radical (unpaired) electrons. The van der Waals surface area contributed by atoms with E-state index >= 15 is 0 Å². The fourth-order valence-electron chi connectivity index (χ4n) is 3.77. The van der Waals surface area contributed by atoms with E-state index in [2.05, 4.69) is 86.1 Å². The standard InChI is InChI=1S/C25H36N4O/c1-19(2)28-12-14-29(15-13-28)23-11-10-22(18-26-23)21-8-6-20(7-9-21)17-27-24(30)16-25(3,4)5/h6-11,18-19H,12-17H2,1-5H3,(H,27,30). The second-order valence-electron chi connectivity index (χ2n) is 9.73. The van der Waals surface area contributed by atoms with Crippen LogP contribution in [0.4, 0.5) is 5.82 Å². The Morgan fingerprint density at radius 3 is 2.17 bits per heavy atom. The third kappa shape index (κ3) is 6.30. The molecular formula is C25H36N4O. The minimum absolute atomic E-state index is 0.00904. The number of hydrogen-bond acceptors (Lipinski definition) is 4. The minimum atomic E-state index is 0.00904. The summed E-state index contributed by atoms with van der Waals surface area (Å²) in [7, 11) is 0. The number of rotatable bonds is 6. The Labute approximate surface area is 181 Å². The topological polar surface area (TPSA) is 48.5 Å². The van der Waals surface area contributed by atoms with Gasteiger partial charge in [0.25, 0.3) is 0 Å². The fraction of sp³-hybridized carbons (Fsp3) is 0.520. The van der Waals surface area contributed by atoms with E-state index in [9.17, 15) is 4.79 Å². The van der Waals surface area contributed by atoms with E-state index in [0.29, 0.717) is 19.0 Å². The molecule has 0 unspecified atom stereocenters. The summed E-state index contributed by atoms with van der Waals surface area (Å²) >= 11 is 0. The predicted molar refractivity (Wildman–Crippen MR) is 125 cm³/mol. The second kappa shape index (κ2) is 9.61. The summed E-state index contributed by atoms with van der Waals surface area (Å²) in [6.45, 7) is 15.5. The van der Waals surface area contributed by atoms with Gasteiger partial charge in [-0.1, -0.05) is 45.0 Å². The lowest BCUT2D eigenvalue weighted by molar-refractivity contribution is -0.122. The van der Waals surface area contributed by atoms with Gasteiger partial charge < -0.3 is 10.2 Å². The third-order valence-electron chi connectivity index (χ3n) is 5.58. The van der Waals surface area contributed by atoms with Crippen molar-refractivity contribution in [1.29, 1.82) is 0 Å². The molecule has 1 amide bonds. The van der Waals surface area contributed by atoms with E-state index in [1.807, 2.05) is 6.20 Å². The summed E-state index contributed by atoms with van der Waals surface area (Å²) in [4.78, 5) is 21.6. The van der Waals surface area contributed by atoms with Crippen LogP contribution in [0, 0.1) is 5.41 Å². The number of pyridine rings is 1. The fourth-order valence-corrected chi connectivity index (χ4v) is 3.77. The summed E-state index contributed by atoms with van der Waals surface area (Å²) in [5.41, 5.74) is 3.37.